The van der Waals surface area contributed by atoms with E-state index in [4.69, 9.17) is 4.74 Å². The van der Waals surface area contributed by atoms with Crippen LogP contribution >= 0.6 is 0 Å². The molecule has 6 heteroatoms. The van der Waals surface area contributed by atoms with E-state index >= 15 is 0 Å². The molecule has 20 heavy (non-hydrogen) atoms. The number of rotatable bonds is 4. The molecule has 3 rings (SSSR count). The van der Waals surface area contributed by atoms with E-state index in [2.05, 4.69) is 9.97 Å². The molecule has 2 aromatic rings. The van der Waals surface area contributed by atoms with Crippen LogP contribution in [0.25, 0.3) is 0 Å². The molecule has 1 aromatic heterocycles. The van der Waals surface area contributed by atoms with Gasteiger partial charge in [0.15, 0.2) is 0 Å². The molecule has 1 fully saturated rings. The summed E-state index contributed by atoms with van der Waals surface area (Å²) in [6, 6.07) is 7.70. The molecule has 0 spiro atoms. The van der Waals surface area contributed by atoms with Crippen LogP contribution in [0.1, 0.15) is 30.3 Å². The summed E-state index contributed by atoms with van der Waals surface area (Å²) in [4.78, 5) is 18.9. The number of hydrogen-bond acceptors (Lipinski definition) is 5. The van der Waals surface area contributed by atoms with E-state index in [1.165, 1.54) is 12.1 Å². The second-order valence-electron chi connectivity index (χ2n) is 4.83. The fourth-order valence-electron chi connectivity index (χ4n) is 1.89. The maximum Gasteiger partial charge on any atom is 0.269 e. The molecule has 1 heterocycles. The Bertz CT molecular complexity index is 651. The highest BCUT2D eigenvalue weighted by Crippen LogP contribution is 2.38. The predicted molar refractivity (Wildman–Crippen MR) is 71.9 cm³/mol. The molecule has 0 radical (unpaired) electrons. The van der Waals surface area contributed by atoms with Crippen molar-refractivity contribution in [3.05, 3.63) is 52.0 Å². The van der Waals surface area contributed by atoms with Crippen LogP contribution in [0.5, 0.6) is 11.6 Å². The van der Waals surface area contributed by atoms with Gasteiger partial charge in [0, 0.05) is 29.8 Å². The molecular weight excluding hydrogens is 258 g/mol. The molecule has 0 bridgehead atoms. The Balaban J connectivity index is 1.81. The zero-order valence-corrected chi connectivity index (χ0v) is 10.9. The first-order valence-electron chi connectivity index (χ1n) is 6.40. The van der Waals surface area contributed by atoms with Crippen LogP contribution in [0.2, 0.25) is 0 Å². The SMILES string of the molecule is Cc1cc(Oc2ccc([N+](=O)[O-])cc2)nc(C2CC2)n1. The lowest BCUT2D eigenvalue weighted by Gasteiger charge is -2.07. The van der Waals surface area contributed by atoms with E-state index in [9.17, 15) is 10.1 Å². The summed E-state index contributed by atoms with van der Waals surface area (Å²) >= 11 is 0. The van der Waals surface area contributed by atoms with Crippen LogP contribution in [0, 0.1) is 17.0 Å². The van der Waals surface area contributed by atoms with Gasteiger partial charge in [-0.25, -0.2) is 4.98 Å². The van der Waals surface area contributed by atoms with E-state index in [0.717, 1.165) is 24.4 Å². The first kappa shape index (κ1) is 12.5. The maximum atomic E-state index is 10.6. The molecule has 1 aromatic carbocycles. The predicted octanol–water partition coefficient (Wildman–Crippen LogP) is 3.36. The highest BCUT2D eigenvalue weighted by atomic mass is 16.6. The van der Waals surface area contributed by atoms with Gasteiger partial charge in [-0.15, -0.1) is 0 Å². The van der Waals surface area contributed by atoms with E-state index < -0.39 is 4.92 Å². The number of non-ortho nitro benzene ring substituents is 1. The van der Waals surface area contributed by atoms with E-state index in [1.54, 1.807) is 18.2 Å². The zero-order valence-electron chi connectivity index (χ0n) is 10.9. The molecule has 1 aliphatic rings. The van der Waals surface area contributed by atoms with Gasteiger partial charge in [0.1, 0.15) is 11.6 Å². The van der Waals surface area contributed by atoms with Crippen LogP contribution in [-0.4, -0.2) is 14.9 Å². The largest absolute Gasteiger partial charge is 0.439 e. The molecule has 0 aliphatic heterocycles. The number of aromatic nitrogens is 2. The van der Waals surface area contributed by atoms with Gasteiger partial charge in [0.05, 0.1) is 4.92 Å². The maximum absolute atomic E-state index is 10.6. The lowest BCUT2D eigenvalue weighted by atomic mass is 10.3. The van der Waals surface area contributed by atoms with Crippen molar-refractivity contribution in [1.82, 2.24) is 9.97 Å². The summed E-state index contributed by atoms with van der Waals surface area (Å²) in [5.41, 5.74) is 0.897. The number of hydrogen-bond donors (Lipinski definition) is 0. The van der Waals surface area contributed by atoms with Gasteiger partial charge in [-0.05, 0) is 31.9 Å². The van der Waals surface area contributed by atoms with E-state index in [1.807, 2.05) is 6.92 Å². The summed E-state index contributed by atoms with van der Waals surface area (Å²) in [6.07, 6.45) is 2.25. The number of benzene rings is 1. The highest BCUT2D eigenvalue weighted by Gasteiger charge is 2.27. The van der Waals surface area contributed by atoms with Crippen LogP contribution < -0.4 is 4.74 Å². The van der Waals surface area contributed by atoms with E-state index in [0.29, 0.717) is 17.5 Å². The van der Waals surface area contributed by atoms with Crippen LogP contribution in [0.15, 0.2) is 30.3 Å². The Morgan fingerprint density at radius 2 is 1.95 bits per heavy atom. The minimum absolute atomic E-state index is 0.0369. The summed E-state index contributed by atoms with van der Waals surface area (Å²) in [6.45, 7) is 1.90. The monoisotopic (exact) mass is 271 g/mol. The minimum Gasteiger partial charge on any atom is -0.439 e. The van der Waals surface area contributed by atoms with Gasteiger partial charge in [-0.1, -0.05) is 0 Å². The first-order valence-corrected chi connectivity index (χ1v) is 6.40. The third kappa shape index (κ3) is 2.74. The Hall–Kier alpha value is -2.50. The average Bonchev–Trinajstić information content (AvgIpc) is 3.23. The number of nitrogens with zero attached hydrogens (tertiary/aromatic N) is 3. The first-order chi connectivity index (χ1) is 9.61. The van der Waals surface area contributed by atoms with Crippen molar-refractivity contribution in [2.24, 2.45) is 0 Å². The quantitative estimate of drug-likeness (QED) is 0.629. The Morgan fingerprint density at radius 3 is 2.55 bits per heavy atom. The third-order valence-corrected chi connectivity index (χ3v) is 3.06. The Labute approximate surface area is 115 Å². The molecule has 0 amide bonds. The summed E-state index contributed by atoms with van der Waals surface area (Å²) < 4.78 is 5.64. The number of nitro benzene ring substituents is 1. The van der Waals surface area contributed by atoms with Gasteiger partial charge in [-0.3, -0.25) is 10.1 Å². The van der Waals surface area contributed by atoms with Crippen LogP contribution in [0.3, 0.4) is 0 Å². The molecular formula is C14H13N3O3. The fourth-order valence-corrected chi connectivity index (χ4v) is 1.89. The Morgan fingerprint density at radius 1 is 1.25 bits per heavy atom. The van der Waals surface area contributed by atoms with Crippen molar-refractivity contribution in [1.29, 1.82) is 0 Å². The number of aryl methyl sites for hydroxylation is 1. The lowest BCUT2D eigenvalue weighted by Crippen LogP contribution is -1.98. The average molecular weight is 271 g/mol. The smallest absolute Gasteiger partial charge is 0.269 e. The van der Waals surface area contributed by atoms with Crippen molar-refractivity contribution in [2.45, 2.75) is 25.7 Å². The van der Waals surface area contributed by atoms with Crippen molar-refractivity contribution in [2.75, 3.05) is 0 Å². The molecule has 0 saturated heterocycles. The van der Waals surface area contributed by atoms with Crippen molar-refractivity contribution in [3.63, 3.8) is 0 Å². The molecule has 1 saturated carbocycles. The second-order valence-corrected chi connectivity index (χ2v) is 4.83. The van der Waals surface area contributed by atoms with Crippen molar-refractivity contribution in [3.8, 4) is 11.6 Å². The van der Waals surface area contributed by atoms with Crippen LogP contribution in [0.4, 0.5) is 5.69 Å². The zero-order chi connectivity index (χ0) is 14.1. The van der Waals surface area contributed by atoms with Gasteiger partial charge in [0.25, 0.3) is 5.69 Å². The number of ether oxygens (including phenoxy) is 1. The standard InChI is InChI=1S/C14H13N3O3/c1-9-8-13(16-14(15-9)10-2-3-10)20-12-6-4-11(5-7-12)17(18)19/h4-8,10H,2-3H2,1H3. The molecule has 0 unspecified atom stereocenters. The van der Waals surface area contributed by atoms with Gasteiger partial charge in [0.2, 0.25) is 5.88 Å². The molecule has 0 atom stereocenters. The Kier molecular flexibility index (Phi) is 3.06. The minimum atomic E-state index is -0.441. The summed E-state index contributed by atoms with van der Waals surface area (Å²) in [5, 5.41) is 10.6. The third-order valence-electron chi connectivity index (χ3n) is 3.06. The van der Waals surface area contributed by atoms with Crippen LogP contribution in [-0.2, 0) is 0 Å². The van der Waals surface area contributed by atoms with Crippen molar-refractivity contribution >= 4 is 5.69 Å². The second kappa shape index (κ2) is 4.88. The topological polar surface area (TPSA) is 78.2 Å². The normalized spacial score (nSPS) is 14.1. The van der Waals surface area contributed by atoms with Crippen molar-refractivity contribution < 1.29 is 9.66 Å². The number of nitro groups is 1. The fraction of sp³-hybridized carbons (Fsp3) is 0.286. The summed E-state index contributed by atoms with van der Waals surface area (Å²) in [5.74, 6) is 2.28. The molecule has 1 aliphatic carbocycles. The van der Waals surface area contributed by atoms with Gasteiger partial charge < -0.3 is 4.74 Å². The molecule has 6 nitrogen and oxygen atoms in total. The van der Waals surface area contributed by atoms with Gasteiger partial charge >= 0.3 is 0 Å². The highest BCUT2D eigenvalue weighted by molar-refractivity contribution is 5.37. The van der Waals surface area contributed by atoms with E-state index in [-0.39, 0.29) is 5.69 Å². The van der Waals surface area contributed by atoms with Gasteiger partial charge in [-0.2, -0.15) is 4.98 Å². The summed E-state index contributed by atoms with van der Waals surface area (Å²) in [7, 11) is 0. The molecule has 102 valence electrons. The molecule has 0 N–H and O–H groups in total. The lowest BCUT2D eigenvalue weighted by molar-refractivity contribution is -0.384.